The molecule has 1 heteroatoms. The smallest absolute Gasteiger partial charge is 0.0158 e. The number of benzene rings is 2. The monoisotopic (exact) mass is 249 g/mol. The Balaban J connectivity index is 1.91. The fourth-order valence-electron chi connectivity index (χ4n) is 3.50. The van der Waals surface area contributed by atoms with Gasteiger partial charge in [-0.15, -0.1) is 0 Å². The zero-order valence-corrected chi connectivity index (χ0v) is 11.5. The zero-order chi connectivity index (χ0) is 13.0. The molecule has 0 spiro atoms. The first-order chi connectivity index (χ1) is 9.18. The van der Waals surface area contributed by atoms with Crippen molar-refractivity contribution in [3.05, 3.63) is 59.2 Å². The number of fused-ring (bicyclic) bond motifs is 3. The van der Waals surface area contributed by atoms with Crippen LogP contribution in [0.2, 0.25) is 0 Å². The molecular formula is C18H19N. The summed E-state index contributed by atoms with van der Waals surface area (Å²) in [6, 6.07) is 15.9. The molecule has 2 aliphatic rings. The number of hydrogen-bond donors (Lipinski definition) is 1. The summed E-state index contributed by atoms with van der Waals surface area (Å²) >= 11 is 0. The number of hydrogen-bond acceptors (Lipinski definition) is 1. The van der Waals surface area contributed by atoms with Gasteiger partial charge in [0.2, 0.25) is 0 Å². The lowest BCUT2D eigenvalue weighted by Gasteiger charge is -2.29. The van der Waals surface area contributed by atoms with Gasteiger partial charge in [0.1, 0.15) is 0 Å². The lowest BCUT2D eigenvalue weighted by atomic mass is 9.80. The van der Waals surface area contributed by atoms with Gasteiger partial charge >= 0.3 is 0 Å². The minimum atomic E-state index is 0.138. The third-order valence-electron chi connectivity index (χ3n) is 4.86. The largest absolute Gasteiger partial charge is 0.315 e. The van der Waals surface area contributed by atoms with E-state index >= 15 is 0 Å². The minimum absolute atomic E-state index is 0.138. The van der Waals surface area contributed by atoms with Gasteiger partial charge in [-0.2, -0.15) is 0 Å². The zero-order valence-electron chi connectivity index (χ0n) is 11.5. The van der Waals surface area contributed by atoms with Gasteiger partial charge in [-0.25, -0.2) is 0 Å². The van der Waals surface area contributed by atoms with Crippen molar-refractivity contribution in [3.8, 4) is 11.1 Å². The molecule has 0 radical (unpaired) electrons. The molecule has 0 bridgehead atoms. The Hall–Kier alpha value is -1.60. The van der Waals surface area contributed by atoms with E-state index in [-0.39, 0.29) is 5.41 Å². The van der Waals surface area contributed by atoms with E-state index in [0.29, 0.717) is 5.92 Å². The summed E-state index contributed by atoms with van der Waals surface area (Å²) in [6.45, 7) is 6.96. The molecule has 0 amide bonds. The van der Waals surface area contributed by atoms with Crippen molar-refractivity contribution >= 4 is 0 Å². The summed E-state index contributed by atoms with van der Waals surface area (Å²) in [6.07, 6.45) is 0. The molecule has 1 heterocycles. The Morgan fingerprint density at radius 1 is 0.947 bits per heavy atom. The maximum atomic E-state index is 3.37. The maximum absolute atomic E-state index is 3.37. The highest BCUT2D eigenvalue weighted by Crippen LogP contribution is 2.49. The first-order valence-corrected chi connectivity index (χ1v) is 7.13. The Morgan fingerprint density at radius 2 is 1.68 bits per heavy atom. The summed E-state index contributed by atoms with van der Waals surface area (Å²) < 4.78 is 0. The Kier molecular flexibility index (Phi) is 2.19. The molecule has 1 nitrogen and oxygen atoms in total. The van der Waals surface area contributed by atoms with Gasteiger partial charge in [0.15, 0.2) is 0 Å². The Morgan fingerprint density at radius 3 is 2.42 bits per heavy atom. The molecule has 2 aromatic rings. The van der Waals surface area contributed by atoms with Crippen LogP contribution in [0.3, 0.4) is 0 Å². The fraction of sp³-hybridized carbons (Fsp3) is 0.333. The highest BCUT2D eigenvalue weighted by molar-refractivity contribution is 5.80. The molecule has 1 N–H and O–H groups in total. The molecule has 4 rings (SSSR count). The van der Waals surface area contributed by atoms with Crippen LogP contribution in [0, 0.1) is 0 Å². The van der Waals surface area contributed by atoms with Crippen molar-refractivity contribution in [1.82, 2.24) is 5.32 Å². The number of rotatable bonds is 1. The van der Waals surface area contributed by atoms with E-state index in [1.165, 1.54) is 27.8 Å². The second-order valence-corrected chi connectivity index (χ2v) is 6.33. The van der Waals surface area contributed by atoms with Crippen LogP contribution in [0.5, 0.6) is 0 Å². The van der Waals surface area contributed by atoms with Crippen LogP contribution in [0.4, 0.5) is 0 Å². The summed E-state index contributed by atoms with van der Waals surface area (Å²) in [5.41, 5.74) is 7.45. The van der Waals surface area contributed by atoms with E-state index in [0.717, 1.165) is 13.1 Å². The van der Waals surface area contributed by atoms with E-state index in [4.69, 9.17) is 0 Å². The molecule has 0 unspecified atom stereocenters. The molecule has 0 atom stereocenters. The average molecular weight is 249 g/mol. The van der Waals surface area contributed by atoms with Gasteiger partial charge in [0.25, 0.3) is 0 Å². The third kappa shape index (κ3) is 1.45. The van der Waals surface area contributed by atoms with Crippen molar-refractivity contribution in [2.75, 3.05) is 13.1 Å². The van der Waals surface area contributed by atoms with Gasteiger partial charge in [-0.3, -0.25) is 0 Å². The SMILES string of the molecule is CC1(C)c2ccccc2-c2ccc(C3CNC3)cc21. The van der Waals surface area contributed by atoms with E-state index in [1.807, 2.05) is 0 Å². The lowest BCUT2D eigenvalue weighted by Crippen LogP contribution is -2.39. The molecule has 2 aromatic carbocycles. The molecule has 1 aliphatic heterocycles. The Labute approximate surface area is 114 Å². The van der Waals surface area contributed by atoms with Crippen LogP contribution in [-0.2, 0) is 5.41 Å². The first-order valence-electron chi connectivity index (χ1n) is 7.13. The van der Waals surface area contributed by atoms with Crippen LogP contribution in [0.1, 0.15) is 36.5 Å². The van der Waals surface area contributed by atoms with Crippen LogP contribution in [0.25, 0.3) is 11.1 Å². The van der Waals surface area contributed by atoms with Gasteiger partial charge in [0.05, 0.1) is 0 Å². The highest BCUT2D eigenvalue weighted by Gasteiger charge is 2.35. The van der Waals surface area contributed by atoms with Crippen molar-refractivity contribution in [2.45, 2.75) is 25.2 Å². The maximum Gasteiger partial charge on any atom is 0.0158 e. The minimum Gasteiger partial charge on any atom is -0.315 e. The molecule has 1 aliphatic carbocycles. The quantitative estimate of drug-likeness (QED) is 0.813. The van der Waals surface area contributed by atoms with Gasteiger partial charge in [-0.1, -0.05) is 56.3 Å². The van der Waals surface area contributed by atoms with Crippen molar-refractivity contribution in [1.29, 1.82) is 0 Å². The van der Waals surface area contributed by atoms with Gasteiger partial charge < -0.3 is 5.32 Å². The number of nitrogens with one attached hydrogen (secondary N) is 1. The second kappa shape index (κ2) is 3.71. The van der Waals surface area contributed by atoms with Crippen molar-refractivity contribution in [3.63, 3.8) is 0 Å². The van der Waals surface area contributed by atoms with Crippen LogP contribution in [-0.4, -0.2) is 13.1 Å². The molecular weight excluding hydrogens is 230 g/mol. The standard InChI is InChI=1S/C18H19N/c1-18(2)16-6-4-3-5-14(16)15-8-7-12(9-17(15)18)13-10-19-11-13/h3-9,13,19H,10-11H2,1-2H3. The van der Waals surface area contributed by atoms with Crippen LogP contribution >= 0.6 is 0 Å². The summed E-state index contributed by atoms with van der Waals surface area (Å²) in [5.74, 6) is 0.713. The highest BCUT2D eigenvalue weighted by atomic mass is 14.9. The van der Waals surface area contributed by atoms with Crippen molar-refractivity contribution < 1.29 is 0 Å². The third-order valence-corrected chi connectivity index (χ3v) is 4.86. The lowest BCUT2D eigenvalue weighted by molar-refractivity contribution is 0.447. The molecule has 0 saturated carbocycles. The van der Waals surface area contributed by atoms with E-state index in [1.54, 1.807) is 0 Å². The molecule has 1 saturated heterocycles. The first kappa shape index (κ1) is 11.2. The van der Waals surface area contributed by atoms with E-state index in [9.17, 15) is 0 Å². The molecule has 1 fully saturated rings. The topological polar surface area (TPSA) is 12.0 Å². The van der Waals surface area contributed by atoms with E-state index in [2.05, 4.69) is 61.6 Å². The Bertz CT molecular complexity index is 650. The van der Waals surface area contributed by atoms with Crippen LogP contribution < -0.4 is 5.32 Å². The molecule has 0 aromatic heterocycles. The fourth-order valence-corrected chi connectivity index (χ4v) is 3.50. The summed E-state index contributed by atoms with van der Waals surface area (Å²) in [4.78, 5) is 0. The second-order valence-electron chi connectivity index (χ2n) is 6.33. The summed E-state index contributed by atoms with van der Waals surface area (Å²) in [5, 5.41) is 3.37. The van der Waals surface area contributed by atoms with Gasteiger partial charge in [0, 0.05) is 24.4 Å². The van der Waals surface area contributed by atoms with Crippen LogP contribution in [0.15, 0.2) is 42.5 Å². The average Bonchev–Trinajstić information content (AvgIpc) is 2.58. The predicted molar refractivity (Wildman–Crippen MR) is 79.6 cm³/mol. The molecule has 19 heavy (non-hydrogen) atoms. The van der Waals surface area contributed by atoms with Gasteiger partial charge in [-0.05, 0) is 27.8 Å². The van der Waals surface area contributed by atoms with Crippen molar-refractivity contribution in [2.24, 2.45) is 0 Å². The van der Waals surface area contributed by atoms with E-state index < -0.39 is 0 Å². The normalized spacial score (nSPS) is 19.7. The molecule has 96 valence electrons. The summed E-state index contributed by atoms with van der Waals surface area (Å²) in [7, 11) is 0. The predicted octanol–water partition coefficient (Wildman–Crippen LogP) is 3.68.